The second kappa shape index (κ2) is 7.18. The molecule has 0 aromatic heterocycles. The van der Waals surface area contributed by atoms with Crippen molar-refractivity contribution in [1.82, 2.24) is 4.90 Å². The topological polar surface area (TPSA) is 35.6 Å². The fraction of sp³-hybridized carbons (Fsp3) is 0.381. The fourth-order valence-corrected chi connectivity index (χ4v) is 3.71. The van der Waals surface area contributed by atoms with E-state index in [4.69, 9.17) is 0 Å². The molecule has 132 valence electrons. The van der Waals surface area contributed by atoms with Gasteiger partial charge in [0.05, 0.1) is 0 Å². The smallest absolute Gasteiger partial charge is 0.321 e. The predicted octanol–water partition coefficient (Wildman–Crippen LogP) is 4.27. The zero-order chi connectivity index (χ0) is 18.0. The zero-order valence-corrected chi connectivity index (χ0v) is 15.6. The second-order valence-electron chi connectivity index (χ2n) is 6.97. The first kappa shape index (κ1) is 17.3. The number of amides is 2. The summed E-state index contributed by atoms with van der Waals surface area (Å²) in [4.78, 5) is 16.8. The van der Waals surface area contributed by atoms with Crippen LogP contribution in [0.4, 0.5) is 16.2 Å². The van der Waals surface area contributed by atoms with Crippen LogP contribution in [0.1, 0.15) is 22.3 Å². The minimum atomic E-state index is -0.00806. The van der Waals surface area contributed by atoms with Crippen molar-refractivity contribution in [2.24, 2.45) is 0 Å². The number of piperazine rings is 1. The molecular weight excluding hydrogens is 310 g/mol. The van der Waals surface area contributed by atoms with Crippen molar-refractivity contribution >= 4 is 17.4 Å². The third-order valence-electron chi connectivity index (χ3n) is 4.91. The standard InChI is InChI=1S/C21H27N3O/c1-15-13-17(3)20(18(4)14-15)23-9-11-24(12-10-23)21(25)22-19-8-6-5-7-16(19)2/h5-8,13-14H,9-12H2,1-4H3,(H,22,25). The molecule has 0 atom stereocenters. The number of anilines is 2. The van der Waals surface area contributed by atoms with Crippen LogP contribution in [0.25, 0.3) is 0 Å². The summed E-state index contributed by atoms with van der Waals surface area (Å²) < 4.78 is 0. The normalized spacial score (nSPS) is 14.6. The number of carbonyl (C=O) groups excluding carboxylic acids is 1. The third-order valence-corrected chi connectivity index (χ3v) is 4.91. The zero-order valence-electron chi connectivity index (χ0n) is 15.6. The maximum Gasteiger partial charge on any atom is 0.321 e. The maximum absolute atomic E-state index is 12.5. The van der Waals surface area contributed by atoms with E-state index in [1.165, 1.54) is 22.4 Å². The molecule has 1 heterocycles. The Morgan fingerprint density at radius 2 is 1.48 bits per heavy atom. The van der Waals surface area contributed by atoms with Gasteiger partial charge in [0.15, 0.2) is 0 Å². The predicted molar refractivity (Wildman–Crippen MR) is 105 cm³/mol. The van der Waals surface area contributed by atoms with Crippen molar-refractivity contribution < 1.29 is 4.79 Å². The van der Waals surface area contributed by atoms with Crippen molar-refractivity contribution in [1.29, 1.82) is 0 Å². The molecule has 2 amide bonds. The van der Waals surface area contributed by atoms with Crippen molar-refractivity contribution in [2.75, 3.05) is 36.4 Å². The van der Waals surface area contributed by atoms with Crippen LogP contribution in [-0.2, 0) is 0 Å². The van der Waals surface area contributed by atoms with E-state index in [1.807, 2.05) is 36.1 Å². The van der Waals surface area contributed by atoms with Crippen molar-refractivity contribution in [3.63, 3.8) is 0 Å². The van der Waals surface area contributed by atoms with Gasteiger partial charge in [-0.05, 0) is 50.5 Å². The van der Waals surface area contributed by atoms with Crippen LogP contribution >= 0.6 is 0 Å². The maximum atomic E-state index is 12.5. The molecule has 1 aliphatic heterocycles. The lowest BCUT2D eigenvalue weighted by molar-refractivity contribution is 0.208. The van der Waals surface area contributed by atoms with Gasteiger partial charge in [-0.2, -0.15) is 0 Å². The summed E-state index contributed by atoms with van der Waals surface area (Å²) in [5, 5.41) is 3.03. The van der Waals surface area contributed by atoms with Crippen LogP contribution in [-0.4, -0.2) is 37.1 Å². The van der Waals surface area contributed by atoms with Gasteiger partial charge in [0.25, 0.3) is 0 Å². The van der Waals surface area contributed by atoms with Gasteiger partial charge in [-0.3, -0.25) is 0 Å². The second-order valence-corrected chi connectivity index (χ2v) is 6.97. The molecule has 3 rings (SSSR count). The Hall–Kier alpha value is -2.49. The molecule has 4 nitrogen and oxygen atoms in total. The van der Waals surface area contributed by atoms with Gasteiger partial charge in [-0.25, -0.2) is 4.79 Å². The van der Waals surface area contributed by atoms with E-state index in [0.717, 1.165) is 37.4 Å². The van der Waals surface area contributed by atoms with Crippen molar-refractivity contribution in [3.05, 3.63) is 58.7 Å². The van der Waals surface area contributed by atoms with E-state index < -0.39 is 0 Å². The highest BCUT2D eigenvalue weighted by atomic mass is 16.2. The Kier molecular flexibility index (Phi) is 4.98. The van der Waals surface area contributed by atoms with Crippen LogP contribution in [0.3, 0.4) is 0 Å². The summed E-state index contributed by atoms with van der Waals surface area (Å²) >= 11 is 0. The molecule has 0 unspecified atom stereocenters. The molecule has 0 saturated carbocycles. The molecule has 2 aromatic rings. The lowest BCUT2D eigenvalue weighted by Gasteiger charge is -2.37. The van der Waals surface area contributed by atoms with Crippen molar-refractivity contribution in [2.45, 2.75) is 27.7 Å². The summed E-state index contributed by atoms with van der Waals surface area (Å²) in [6.45, 7) is 11.7. The number of nitrogens with one attached hydrogen (secondary N) is 1. The summed E-state index contributed by atoms with van der Waals surface area (Å²) in [6.07, 6.45) is 0. The molecule has 25 heavy (non-hydrogen) atoms. The van der Waals surface area contributed by atoms with E-state index in [2.05, 4.69) is 43.1 Å². The first-order valence-corrected chi connectivity index (χ1v) is 8.90. The number of urea groups is 1. The average molecular weight is 337 g/mol. The van der Waals surface area contributed by atoms with Gasteiger partial charge in [-0.15, -0.1) is 0 Å². The minimum absolute atomic E-state index is 0.00806. The van der Waals surface area contributed by atoms with Crippen LogP contribution in [0.2, 0.25) is 0 Å². The molecule has 0 spiro atoms. The minimum Gasteiger partial charge on any atom is -0.368 e. The number of carbonyl (C=O) groups is 1. The molecule has 1 fully saturated rings. The largest absolute Gasteiger partial charge is 0.368 e. The number of rotatable bonds is 2. The molecule has 2 aromatic carbocycles. The Bertz CT molecular complexity index is 753. The molecule has 1 N–H and O–H groups in total. The van der Waals surface area contributed by atoms with Gasteiger partial charge < -0.3 is 15.1 Å². The van der Waals surface area contributed by atoms with Crippen LogP contribution in [0.15, 0.2) is 36.4 Å². The van der Waals surface area contributed by atoms with Gasteiger partial charge in [0, 0.05) is 37.6 Å². The van der Waals surface area contributed by atoms with E-state index >= 15 is 0 Å². The molecule has 1 aliphatic rings. The number of hydrogen-bond acceptors (Lipinski definition) is 2. The van der Waals surface area contributed by atoms with Crippen LogP contribution in [0.5, 0.6) is 0 Å². The van der Waals surface area contributed by atoms with Gasteiger partial charge in [-0.1, -0.05) is 35.9 Å². The van der Waals surface area contributed by atoms with E-state index in [9.17, 15) is 4.79 Å². The number of nitrogens with zero attached hydrogens (tertiary/aromatic N) is 2. The SMILES string of the molecule is Cc1cc(C)c(N2CCN(C(=O)Nc3ccccc3C)CC2)c(C)c1. The molecule has 0 bridgehead atoms. The molecular formula is C21H27N3O. The Balaban J connectivity index is 1.64. The summed E-state index contributed by atoms with van der Waals surface area (Å²) in [5.41, 5.74) is 7.23. The monoisotopic (exact) mass is 337 g/mol. The van der Waals surface area contributed by atoms with E-state index in [-0.39, 0.29) is 6.03 Å². The molecule has 0 radical (unpaired) electrons. The Morgan fingerprint density at radius 3 is 2.08 bits per heavy atom. The van der Waals surface area contributed by atoms with Crippen LogP contribution in [0, 0.1) is 27.7 Å². The fourth-order valence-electron chi connectivity index (χ4n) is 3.71. The van der Waals surface area contributed by atoms with E-state index in [1.54, 1.807) is 0 Å². The number of para-hydroxylation sites is 1. The van der Waals surface area contributed by atoms with E-state index in [0.29, 0.717) is 0 Å². The summed E-state index contributed by atoms with van der Waals surface area (Å²) in [6, 6.07) is 12.4. The van der Waals surface area contributed by atoms with Gasteiger partial charge in [0.2, 0.25) is 0 Å². The number of aryl methyl sites for hydroxylation is 4. The lowest BCUT2D eigenvalue weighted by atomic mass is 10.0. The van der Waals surface area contributed by atoms with Gasteiger partial charge in [0.1, 0.15) is 0 Å². The average Bonchev–Trinajstić information content (AvgIpc) is 2.56. The highest BCUT2D eigenvalue weighted by molar-refractivity contribution is 5.90. The highest BCUT2D eigenvalue weighted by Crippen LogP contribution is 2.27. The highest BCUT2D eigenvalue weighted by Gasteiger charge is 2.23. The summed E-state index contributed by atoms with van der Waals surface area (Å²) in [7, 11) is 0. The first-order chi connectivity index (χ1) is 12.0. The Labute approximate surface area is 150 Å². The first-order valence-electron chi connectivity index (χ1n) is 8.90. The van der Waals surface area contributed by atoms with Crippen LogP contribution < -0.4 is 10.2 Å². The molecule has 1 saturated heterocycles. The quantitative estimate of drug-likeness (QED) is 0.888. The number of benzene rings is 2. The molecule has 4 heteroatoms. The third kappa shape index (κ3) is 3.78. The Morgan fingerprint density at radius 1 is 0.880 bits per heavy atom. The lowest BCUT2D eigenvalue weighted by Crippen LogP contribution is -2.50. The molecule has 0 aliphatic carbocycles. The summed E-state index contributed by atoms with van der Waals surface area (Å²) in [5.74, 6) is 0. The van der Waals surface area contributed by atoms with Gasteiger partial charge >= 0.3 is 6.03 Å². The number of hydrogen-bond donors (Lipinski definition) is 1. The van der Waals surface area contributed by atoms with Crippen molar-refractivity contribution in [3.8, 4) is 0 Å².